The van der Waals surface area contributed by atoms with Crippen LogP contribution in [0.15, 0.2) is 42.6 Å². The van der Waals surface area contributed by atoms with Gasteiger partial charge in [0.1, 0.15) is 5.69 Å². The van der Waals surface area contributed by atoms with E-state index in [0.29, 0.717) is 23.8 Å². The number of nitrogens with zero attached hydrogens (tertiary/aromatic N) is 4. The molecule has 3 aliphatic rings. The van der Waals surface area contributed by atoms with Crippen molar-refractivity contribution in [1.82, 2.24) is 19.6 Å². The van der Waals surface area contributed by atoms with Crippen LogP contribution < -0.4 is 0 Å². The summed E-state index contributed by atoms with van der Waals surface area (Å²) in [5.41, 5.74) is 2.25. The maximum absolute atomic E-state index is 13.8. The number of rotatable bonds is 3. The predicted octanol–water partition coefficient (Wildman–Crippen LogP) is 3.51. The number of benzene rings is 1. The average molecular weight is 393 g/mol. The highest BCUT2D eigenvalue weighted by Gasteiger charge is 2.62. The van der Waals surface area contributed by atoms with Crippen molar-refractivity contribution < 1.29 is 4.79 Å². The first-order valence-electron chi connectivity index (χ1n) is 11.1. The Morgan fingerprint density at radius 1 is 1.10 bits per heavy atom. The molecule has 0 radical (unpaired) electrons. The molecule has 1 aromatic carbocycles. The van der Waals surface area contributed by atoms with Gasteiger partial charge in [0.25, 0.3) is 5.91 Å². The molecule has 1 amide bonds. The molecule has 3 heterocycles. The fraction of sp³-hybridized carbons (Fsp3) is 0.583. The number of hydrogen-bond donors (Lipinski definition) is 0. The van der Waals surface area contributed by atoms with Gasteiger partial charge in [-0.2, -0.15) is 5.10 Å². The maximum Gasteiger partial charge on any atom is 0.272 e. The molecular formula is C24H32N4O. The molecule has 0 spiro atoms. The van der Waals surface area contributed by atoms with E-state index >= 15 is 0 Å². The zero-order chi connectivity index (χ0) is 20.2. The third-order valence-electron chi connectivity index (χ3n) is 8.09. The van der Waals surface area contributed by atoms with E-state index in [-0.39, 0.29) is 17.4 Å². The van der Waals surface area contributed by atoms with Crippen LogP contribution >= 0.6 is 0 Å². The summed E-state index contributed by atoms with van der Waals surface area (Å²) in [4.78, 5) is 18.7. The van der Waals surface area contributed by atoms with Crippen LogP contribution in [0.2, 0.25) is 0 Å². The Balaban J connectivity index is 1.57. The number of carbonyl (C=O) groups is 1. The number of hydrogen-bond acceptors (Lipinski definition) is 3. The summed E-state index contributed by atoms with van der Waals surface area (Å²) >= 11 is 0. The smallest absolute Gasteiger partial charge is 0.272 e. The fourth-order valence-corrected chi connectivity index (χ4v) is 6.70. The van der Waals surface area contributed by atoms with E-state index < -0.39 is 0 Å². The van der Waals surface area contributed by atoms with Gasteiger partial charge in [-0.15, -0.1) is 0 Å². The van der Waals surface area contributed by atoms with Crippen molar-refractivity contribution in [3.05, 3.63) is 53.9 Å². The van der Waals surface area contributed by atoms with E-state index in [2.05, 4.69) is 59.2 Å². The molecule has 5 heteroatoms. The van der Waals surface area contributed by atoms with Gasteiger partial charge in [0, 0.05) is 42.8 Å². The van der Waals surface area contributed by atoms with Crippen LogP contribution in [-0.2, 0) is 13.5 Å². The second-order valence-electron chi connectivity index (χ2n) is 9.57. The summed E-state index contributed by atoms with van der Waals surface area (Å²) < 4.78 is 1.73. The summed E-state index contributed by atoms with van der Waals surface area (Å²) in [7, 11) is 4.18. The van der Waals surface area contributed by atoms with Crippen LogP contribution in [0.4, 0.5) is 0 Å². The molecule has 5 atom stereocenters. The Morgan fingerprint density at radius 2 is 1.83 bits per heavy atom. The molecule has 2 aliphatic heterocycles. The molecule has 0 N–H and O–H groups in total. The van der Waals surface area contributed by atoms with Crippen LogP contribution in [0.1, 0.15) is 55.1 Å². The number of piperidine rings is 1. The third-order valence-corrected chi connectivity index (χ3v) is 8.09. The minimum Gasteiger partial charge on any atom is -0.329 e. The van der Waals surface area contributed by atoms with Crippen molar-refractivity contribution in [2.75, 3.05) is 7.05 Å². The van der Waals surface area contributed by atoms with E-state index in [0.717, 1.165) is 19.3 Å². The summed E-state index contributed by atoms with van der Waals surface area (Å²) in [6.45, 7) is 2.45. The van der Waals surface area contributed by atoms with Gasteiger partial charge in [-0.25, -0.2) is 0 Å². The summed E-state index contributed by atoms with van der Waals surface area (Å²) in [5.74, 6) is 0.165. The Hall–Kier alpha value is -2.14. The second kappa shape index (κ2) is 6.98. The van der Waals surface area contributed by atoms with Gasteiger partial charge in [0.2, 0.25) is 0 Å². The number of likely N-dealkylation sites (N-methyl/N-ethyl adjacent to an activating group) is 1. The first-order valence-corrected chi connectivity index (χ1v) is 11.1. The van der Waals surface area contributed by atoms with Gasteiger partial charge in [0.15, 0.2) is 0 Å². The molecule has 0 unspecified atom stereocenters. The molecule has 154 valence electrons. The van der Waals surface area contributed by atoms with Gasteiger partial charge in [-0.05, 0) is 44.4 Å². The lowest BCUT2D eigenvalue weighted by atomic mass is 9.69. The molecule has 2 bridgehead atoms. The van der Waals surface area contributed by atoms with Gasteiger partial charge in [-0.1, -0.05) is 50.1 Å². The second-order valence-corrected chi connectivity index (χ2v) is 9.57. The zero-order valence-electron chi connectivity index (χ0n) is 17.8. The largest absolute Gasteiger partial charge is 0.329 e. The SMILES string of the molecule is CN1[C@H](Cc2ccccc2)[C@@H]2C[C@@]3(C)[C@H](CCCC[C@@H]13)N2C(=O)c1ccnn1C. The first-order chi connectivity index (χ1) is 14.0. The topological polar surface area (TPSA) is 41.4 Å². The number of aryl methyl sites for hydroxylation is 1. The maximum atomic E-state index is 13.8. The zero-order valence-corrected chi connectivity index (χ0v) is 17.8. The van der Waals surface area contributed by atoms with Crippen LogP contribution in [0.25, 0.3) is 0 Å². The molecule has 1 saturated carbocycles. The number of carbonyl (C=O) groups excluding carboxylic acids is 1. The lowest BCUT2D eigenvalue weighted by Crippen LogP contribution is -2.58. The van der Waals surface area contributed by atoms with E-state index in [1.165, 1.54) is 24.8 Å². The third kappa shape index (κ3) is 2.85. The minimum atomic E-state index is 0.165. The number of amides is 1. The standard InChI is InChI=1S/C24H32N4O/c1-24-16-20-19(15-17-9-5-4-6-10-17)26(2)21(24)11-7-8-12-22(24)28(20)23(29)18-13-14-25-27(18)3/h4-6,9-10,13-14,19-22H,7-8,11-12,15-16H2,1-3H3/t19-,20+,21-,22+,24-/m1/s1. The van der Waals surface area contributed by atoms with Crippen LogP contribution in [0.5, 0.6) is 0 Å². The van der Waals surface area contributed by atoms with E-state index in [9.17, 15) is 4.79 Å². The normalized spacial score (nSPS) is 34.2. The Bertz CT molecular complexity index is 893. The monoisotopic (exact) mass is 392 g/mol. The highest BCUT2D eigenvalue weighted by molar-refractivity contribution is 5.93. The average Bonchev–Trinajstić information content (AvgIpc) is 3.20. The quantitative estimate of drug-likeness (QED) is 0.803. The minimum absolute atomic E-state index is 0.165. The van der Waals surface area contributed by atoms with Crippen LogP contribution in [0.3, 0.4) is 0 Å². The lowest BCUT2D eigenvalue weighted by Gasteiger charge is -2.49. The number of fused-ring (bicyclic) bond motifs is 1. The highest BCUT2D eigenvalue weighted by atomic mass is 16.2. The van der Waals surface area contributed by atoms with Gasteiger partial charge < -0.3 is 4.90 Å². The molecular weight excluding hydrogens is 360 g/mol. The highest BCUT2D eigenvalue weighted by Crippen LogP contribution is 2.55. The number of likely N-dealkylation sites (tertiary alicyclic amines) is 2. The number of aromatic nitrogens is 2. The Labute approximate surface area is 173 Å². The predicted molar refractivity (Wildman–Crippen MR) is 114 cm³/mol. The van der Waals surface area contributed by atoms with Gasteiger partial charge in [-0.3, -0.25) is 14.4 Å². The Kier molecular flexibility index (Phi) is 4.54. The lowest BCUT2D eigenvalue weighted by molar-refractivity contribution is 0.0155. The van der Waals surface area contributed by atoms with Crippen LogP contribution in [-0.4, -0.2) is 56.7 Å². The molecule has 1 aromatic heterocycles. The summed E-state index contributed by atoms with van der Waals surface area (Å²) in [6, 6.07) is 14.1. The van der Waals surface area contributed by atoms with Crippen molar-refractivity contribution in [2.45, 2.75) is 69.6 Å². The molecule has 5 rings (SSSR count). The van der Waals surface area contributed by atoms with Crippen molar-refractivity contribution in [3.63, 3.8) is 0 Å². The van der Waals surface area contributed by atoms with E-state index in [1.807, 2.05) is 13.1 Å². The molecule has 2 aromatic rings. The molecule has 29 heavy (non-hydrogen) atoms. The Morgan fingerprint density at radius 3 is 2.52 bits per heavy atom. The van der Waals surface area contributed by atoms with Crippen molar-refractivity contribution in [3.8, 4) is 0 Å². The molecule has 1 aliphatic carbocycles. The fourth-order valence-electron chi connectivity index (χ4n) is 6.70. The van der Waals surface area contributed by atoms with E-state index in [1.54, 1.807) is 10.9 Å². The van der Waals surface area contributed by atoms with E-state index in [4.69, 9.17) is 0 Å². The molecule has 2 saturated heterocycles. The van der Waals surface area contributed by atoms with Gasteiger partial charge in [0.05, 0.1) is 0 Å². The van der Waals surface area contributed by atoms with Crippen molar-refractivity contribution in [2.24, 2.45) is 12.5 Å². The van der Waals surface area contributed by atoms with Crippen molar-refractivity contribution in [1.29, 1.82) is 0 Å². The summed E-state index contributed by atoms with van der Waals surface area (Å²) in [5, 5.41) is 4.27. The van der Waals surface area contributed by atoms with Gasteiger partial charge >= 0.3 is 0 Å². The van der Waals surface area contributed by atoms with Crippen molar-refractivity contribution >= 4 is 5.91 Å². The molecule has 3 fully saturated rings. The summed E-state index contributed by atoms with van der Waals surface area (Å²) in [6.07, 6.45) is 8.70. The first kappa shape index (κ1) is 18.9. The van der Waals surface area contributed by atoms with Crippen LogP contribution in [0, 0.1) is 5.41 Å². The molecule has 5 nitrogen and oxygen atoms in total.